The van der Waals surface area contributed by atoms with Crippen LogP contribution < -0.4 is 4.74 Å². The molecule has 0 aliphatic heterocycles. The van der Waals surface area contributed by atoms with Crippen molar-refractivity contribution >= 4 is 27.7 Å². The Morgan fingerprint density at radius 2 is 2.05 bits per heavy atom. The highest BCUT2D eigenvalue weighted by Gasteiger charge is 2.13. The fourth-order valence-corrected chi connectivity index (χ4v) is 2.06. The monoisotopic (exact) mass is 328 g/mol. The summed E-state index contributed by atoms with van der Waals surface area (Å²) in [5.74, 6) is -0.540. The average molecular weight is 329 g/mol. The standard InChI is InChI=1S/C14H17BrO4/c1-3-18-14(17)12(16)5-4-8-19-13-7-6-10(2)9-11(13)15/h6-7,9H,3-5,8H2,1-2H3. The van der Waals surface area contributed by atoms with Crippen molar-refractivity contribution in [3.63, 3.8) is 0 Å². The number of ketones is 1. The van der Waals surface area contributed by atoms with Crippen molar-refractivity contribution in [2.24, 2.45) is 0 Å². The Morgan fingerprint density at radius 1 is 1.32 bits per heavy atom. The molecule has 0 aliphatic carbocycles. The molecule has 0 unspecified atom stereocenters. The molecule has 19 heavy (non-hydrogen) atoms. The summed E-state index contributed by atoms with van der Waals surface area (Å²) in [4.78, 5) is 22.4. The van der Waals surface area contributed by atoms with Crippen LogP contribution in [-0.4, -0.2) is 25.0 Å². The van der Waals surface area contributed by atoms with E-state index < -0.39 is 11.8 Å². The smallest absolute Gasteiger partial charge is 0.374 e. The van der Waals surface area contributed by atoms with Crippen LogP contribution in [0.1, 0.15) is 25.3 Å². The number of hydrogen-bond acceptors (Lipinski definition) is 4. The number of ether oxygens (including phenoxy) is 2. The Labute approximate surface area is 121 Å². The summed E-state index contributed by atoms with van der Waals surface area (Å²) in [7, 11) is 0. The number of carbonyl (C=O) groups is 2. The van der Waals surface area contributed by atoms with Crippen LogP contribution in [0.3, 0.4) is 0 Å². The molecule has 0 aromatic heterocycles. The van der Waals surface area contributed by atoms with Gasteiger partial charge in [-0.3, -0.25) is 4.79 Å². The largest absolute Gasteiger partial charge is 0.492 e. The normalized spacial score (nSPS) is 10.1. The minimum Gasteiger partial charge on any atom is -0.492 e. The molecule has 0 atom stereocenters. The molecule has 0 bridgehead atoms. The van der Waals surface area contributed by atoms with Gasteiger partial charge in [-0.2, -0.15) is 0 Å². The van der Waals surface area contributed by atoms with Gasteiger partial charge in [0.1, 0.15) is 5.75 Å². The quantitative estimate of drug-likeness (QED) is 0.438. The van der Waals surface area contributed by atoms with E-state index in [-0.39, 0.29) is 13.0 Å². The number of Topliss-reactive ketones (excluding diaryl/α,β-unsaturated/α-hetero) is 1. The molecule has 0 saturated heterocycles. The van der Waals surface area contributed by atoms with Gasteiger partial charge in [0, 0.05) is 6.42 Å². The van der Waals surface area contributed by atoms with Crippen molar-refractivity contribution < 1.29 is 19.1 Å². The molecule has 104 valence electrons. The Balaban J connectivity index is 2.31. The first-order chi connectivity index (χ1) is 9.04. The molecule has 0 fully saturated rings. The lowest BCUT2D eigenvalue weighted by Crippen LogP contribution is -2.17. The molecule has 0 heterocycles. The first kappa shape index (κ1) is 15.7. The minimum atomic E-state index is -0.765. The molecule has 0 amide bonds. The van der Waals surface area contributed by atoms with E-state index in [1.54, 1.807) is 6.92 Å². The highest BCUT2D eigenvalue weighted by Crippen LogP contribution is 2.25. The summed E-state index contributed by atoms with van der Waals surface area (Å²) in [6.45, 7) is 4.26. The van der Waals surface area contributed by atoms with Crippen LogP contribution in [0.5, 0.6) is 5.75 Å². The molecule has 0 saturated carbocycles. The second kappa shape index (κ2) is 7.94. The van der Waals surface area contributed by atoms with E-state index in [9.17, 15) is 9.59 Å². The fourth-order valence-electron chi connectivity index (χ4n) is 1.45. The molecular formula is C14H17BrO4. The highest BCUT2D eigenvalue weighted by molar-refractivity contribution is 9.10. The number of rotatable bonds is 7. The zero-order valence-corrected chi connectivity index (χ0v) is 12.7. The Hall–Kier alpha value is -1.36. The van der Waals surface area contributed by atoms with Crippen LogP contribution in [0.25, 0.3) is 0 Å². The molecule has 1 rings (SSSR count). The van der Waals surface area contributed by atoms with Crippen molar-refractivity contribution in [2.75, 3.05) is 13.2 Å². The second-order valence-electron chi connectivity index (χ2n) is 4.03. The molecule has 0 aliphatic rings. The Morgan fingerprint density at radius 3 is 2.68 bits per heavy atom. The third-order valence-electron chi connectivity index (χ3n) is 2.40. The van der Waals surface area contributed by atoms with Crippen LogP contribution >= 0.6 is 15.9 Å². The van der Waals surface area contributed by atoms with E-state index in [1.165, 1.54) is 0 Å². The molecule has 0 radical (unpaired) electrons. The van der Waals surface area contributed by atoms with Crippen LogP contribution in [-0.2, 0) is 14.3 Å². The van der Waals surface area contributed by atoms with Crippen molar-refractivity contribution in [2.45, 2.75) is 26.7 Å². The van der Waals surface area contributed by atoms with Crippen LogP contribution in [0.15, 0.2) is 22.7 Å². The first-order valence-corrected chi connectivity index (χ1v) is 6.92. The zero-order chi connectivity index (χ0) is 14.3. The second-order valence-corrected chi connectivity index (χ2v) is 4.88. The molecule has 0 spiro atoms. The third-order valence-corrected chi connectivity index (χ3v) is 3.02. The predicted octanol–water partition coefficient (Wildman–Crippen LogP) is 3.05. The van der Waals surface area contributed by atoms with Gasteiger partial charge in [0.15, 0.2) is 0 Å². The lowest BCUT2D eigenvalue weighted by Gasteiger charge is -2.08. The molecular weight excluding hydrogens is 312 g/mol. The fraction of sp³-hybridized carbons (Fsp3) is 0.429. The summed E-state index contributed by atoms with van der Waals surface area (Å²) in [6.07, 6.45) is 0.625. The summed E-state index contributed by atoms with van der Waals surface area (Å²) < 4.78 is 11.0. The van der Waals surface area contributed by atoms with Crippen LogP contribution in [0.4, 0.5) is 0 Å². The molecule has 4 nitrogen and oxygen atoms in total. The van der Waals surface area contributed by atoms with E-state index in [0.717, 1.165) is 15.8 Å². The van der Waals surface area contributed by atoms with Gasteiger partial charge in [0.05, 0.1) is 17.7 Å². The summed E-state index contributed by atoms with van der Waals surface area (Å²) in [5.41, 5.74) is 1.14. The van der Waals surface area contributed by atoms with Gasteiger partial charge < -0.3 is 9.47 Å². The maximum absolute atomic E-state index is 11.3. The van der Waals surface area contributed by atoms with Gasteiger partial charge in [-0.1, -0.05) is 6.07 Å². The van der Waals surface area contributed by atoms with E-state index in [1.807, 2.05) is 25.1 Å². The predicted molar refractivity (Wildman–Crippen MR) is 75.2 cm³/mol. The number of carbonyl (C=O) groups excluding carboxylic acids is 2. The van der Waals surface area contributed by atoms with Crippen molar-refractivity contribution in [3.05, 3.63) is 28.2 Å². The number of benzene rings is 1. The minimum absolute atomic E-state index is 0.141. The average Bonchev–Trinajstić information content (AvgIpc) is 2.36. The van der Waals surface area contributed by atoms with Gasteiger partial charge in [0.25, 0.3) is 0 Å². The zero-order valence-electron chi connectivity index (χ0n) is 11.1. The van der Waals surface area contributed by atoms with E-state index >= 15 is 0 Å². The Kier molecular flexibility index (Phi) is 6.56. The topological polar surface area (TPSA) is 52.6 Å². The third kappa shape index (κ3) is 5.42. The van der Waals surface area contributed by atoms with Gasteiger partial charge in [0.2, 0.25) is 5.78 Å². The van der Waals surface area contributed by atoms with Crippen molar-refractivity contribution in [3.8, 4) is 5.75 Å². The first-order valence-electron chi connectivity index (χ1n) is 6.13. The maximum atomic E-state index is 11.3. The summed E-state index contributed by atoms with van der Waals surface area (Å²) in [6, 6.07) is 5.77. The molecule has 1 aromatic carbocycles. The lowest BCUT2D eigenvalue weighted by atomic mass is 10.2. The van der Waals surface area contributed by atoms with E-state index in [2.05, 4.69) is 20.7 Å². The van der Waals surface area contributed by atoms with Gasteiger partial charge >= 0.3 is 5.97 Å². The number of halogens is 1. The van der Waals surface area contributed by atoms with Crippen LogP contribution in [0.2, 0.25) is 0 Å². The van der Waals surface area contributed by atoms with Crippen LogP contribution in [0, 0.1) is 6.92 Å². The summed E-state index contributed by atoms with van der Waals surface area (Å²) in [5, 5.41) is 0. The van der Waals surface area contributed by atoms with Crippen molar-refractivity contribution in [1.82, 2.24) is 0 Å². The molecule has 0 N–H and O–H groups in total. The highest BCUT2D eigenvalue weighted by atomic mass is 79.9. The van der Waals surface area contributed by atoms with Gasteiger partial charge in [-0.25, -0.2) is 4.79 Å². The summed E-state index contributed by atoms with van der Waals surface area (Å²) >= 11 is 3.41. The number of esters is 1. The SMILES string of the molecule is CCOC(=O)C(=O)CCCOc1ccc(C)cc1Br. The lowest BCUT2D eigenvalue weighted by molar-refractivity contribution is -0.153. The molecule has 5 heteroatoms. The molecule has 1 aromatic rings. The number of hydrogen-bond donors (Lipinski definition) is 0. The maximum Gasteiger partial charge on any atom is 0.374 e. The van der Waals surface area contributed by atoms with Gasteiger partial charge in [-0.15, -0.1) is 0 Å². The van der Waals surface area contributed by atoms with E-state index in [4.69, 9.17) is 4.74 Å². The number of aryl methyl sites for hydroxylation is 1. The van der Waals surface area contributed by atoms with E-state index in [0.29, 0.717) is 13.0 Å². The van der Waals surface area contributed by atoms with Crippen molar-refractivity contribution in [1.29, 1.82) is 0 Å². The Bertz CT molecular complexity index is 457. The van der Waals surface area contributed by atoms with Gasteiger partial charge in [-0.05, 0) is 53.9 Å².